The number of aromatic carboxylic acids is 1. The van der Waals surface area contributed by atoms with Gasteiger partial charge in [0.2, 0.25) is 0 Å². The number of nitrogens with zero attached hydrogens (tertiary/aromatic N) is 3. The number of halogens is 1. The van der Waals surface area contributed by atoms with Crippen molar-refractivity contribution in [3.8, 4) is 5.69 Å². The summed E-state index contributed by atoms with van der Waals surface area (Å²) < 4.78 is 1.57. The van der Waals surface area contributed by atoms with E-state index in [0.29, 0.717) is 10.8 Å². The molecule has 2 rings (SSSR count). The predicted octanol–water partition coefficient (Wildman–Crippen LogP) is 3.05. The van der Waals surface area contributed by atoms with Crippen LogP contribution < -0.4 is 0 Å². The maximum atomic E-state index is 11.0. The van der Waals surface area contributed by atoms with Gasteiger partial charge < -0.3 is 5.11 Å². The number of aromatic nitrogens is 3. The summed E-state index contributed by atoms with van der Waals surface area (Å²) in [7, 11) is 0. The van der Waals surface area contributed by atoms with E-state index < -0.39 is 5.97 Å². The summed E-state index contributed by atoms with van der Waals surface area (Å²) in [5, 5.41) is 13.7. The van der Waals surface area contributed by atoms with Gasteiger partial charge in [0.25, 0.3) is 5.82 Å². The van der Waals surface area contributed by atoms with Crippen molar-refractivity contribution in [2.24, 2.45) is 0 Å². The summed E-state index contributed by atoms with van der Waals surface area (Å²) in [5.41, 5.74) is 1.70. The Morgan fingerprint density at radius 1 is 1.42 bits per heavy atom. The van der Waals surface area contributed by atoms with Gasteiger partial charge in [0, 0.05) is 10.9 Å². The van der Waals surface area contributed by atoms with Crippen LogP contribution in [0, 0.1) is 6.92 Å². The van der Waals surface area contributed by atoms with Gasteiger partial charge in [0.1, 0.15) is 5.82 Å². The second-order valence-electron chi connectivity index (χ2n) is 4.60. The van der Waals surface area contributed by atoms with E-state index in [1.165, 1.54) is 0 Å². The van der Waals surface area contributed by atoms with Crippen molar-refractivity contribution in [3.05, 3.63) is 40.4 Å². The van der Waals surface area contributed by atoms with E-state index in [0.717, 1.165) is 11.3 Å². The first-order valence-corrected chi connectivity index (χ1v) is 6.24. The standard InChI is InChI=1S/C13H14ClN3O2/c1-7(2)12-15-11(13(18)19)16-17(12)10-5-4-9(14)6-8(10)3/h4-7H,1-3H3,(H,18,19). The van der Waals surface area contributed by atoms with Crippen LogP contribution in [0.1, 0.15) is 41.8 Å². The summed E-state index contributed by atoms with van der Waals surface area (Å²) in [5.74, 6) is -0.649. The minimum absolute atomic E-state index is 0.0654. The van der Waals surface area contributed by atoms with Gasteiger partial charge in [-0.15, -0.1) is 5.10 Å². The maximum Gasteiger partial charge on any atom is 0.375 e. The van der Waals surface area contributed by atoms with E-state index in [9.17, 15) is 4.79 Å². The molecule has 0 aliphatic carbocycles. The van der Waals surface area contributed by atoms with Crippen molar-refractivity contribution in [2.75, 3.05) is 0 Å². The number of aryl methyl sites for hydroxylation is 1. The predicted molar refractivity (Wildman–Crippen MR) is 72.2 cm³/mol. The van der Waals surface area contributed by atoms with E-state index in [4.69, 9.17) is 16.7 Å². The van der Waals surface area contributed by atoms with Gasteiger partial charge in [-0.25, -0.2) is 14.5 Å². The highest BCUT2D eigenvalue weighted by molar-refractivity contribution is 6.30. The molecule has 0 aliphatic rings. The maximum absolute atomic E-state index is 11.0. The zero-order valence-electron chi connectivity index (χ0n) is 10.9. The molecular weight excluding hydrogens is 266 g/mol. The molecule has 0 saturated heterocycles. The topological polar surface area (TPSA) is 68.0 Å². The molecule has 0 aliphatic heterocycles. The molecule has 0 saturated carbocycles. The minimum atomic E-state index is -1.13. The van der Waals surface area contributed by atoms with Gasteiger partial charge in [-0.05, 0) is 30.7 Å². The fraction of sp³-hybridized carbons (Fsp3) is 0.308. The third-order valence-electron chi connectivity index (χ3n) is 2.73. The first kappa shape index (κ1) is 13.5. The molecule has 5 nitrogen and oxygen atoms in total. The lowest BCUT2D eigenvalue weighted by molar-refractivity contribution is 0.0683. The molecule has 0 spiro atoms. The van der Waals surface area contributed by atoms with Crippen LogP contribution in [-0.4, -0.2) is 25.8 Å². The first-order valence-electron chi connectivity index (χ1n) is 5.87. The summed E-state index contributed by atoms with van der Waals surface area (Å²) in [4.78, 5) is 15.1. The molecule has 0 bridgehead atoms. The number of hydrogen-bond acceptors (Lipinski definition) is 3. The lowest BCUT2D eigenvalue weighted by Gasteiger charge is -2.10. The van der Waals surface area contributed by atoms with E-state index >= 15 is 0 Å². The molecule has 1 aromatic heterocycles. The van der Waals surface area contributed by atoms with Crippen molar-refractivity contribution in [2.45, 2.75) is 26.7 Å². The van der Waals surface area contributed by atoms with E-state index in [-0.39, 0.29) is 11.7 Å². The van der Waals surface area contributed by atoms with Gasteiger partial charge in [-0.1, -0.05) is 25.4 Å². The summed E-state index contributed by atoms with van der Waals surface area (Å²) in [6.45, 7) is 5.78. The largest absolute Gasteiger partial charge is 0.475 e. The zero-order chi connectivity index (χ0) is 14.2. The Morgan fingerprint density at radius 2 is 2.11 bits per heavy atom. The summed E-state index contributed by atoms with van der Waals surface area (Å²) in [6, 6.07) is 5.36. The second kappa shape index (κ2) is 5.01. The molecule has 0 radical (unpaired) electrons. The highest BCUT2D eigenvalue weighted by Crippen LogP contribution is 2.22. The molecular formula is C13H14ClN3O2. The van der Waals surface area contributed by atoms with E-state index in [2.05, 4.69) is 10.1 Å². The van der Waals surface area contributed by atoms with Gasteiger partial charge in [0.05, 0.1) is 5.69 Å². The fourth-order valence-electron chi connectivity index (χ4n) is 1.82. The number of benzene rings is 1. The molecule has 1 aromatic carbocycles. The van der Waals surface area contributed by atoms with Crippen LogP contribution in [0.3, 0.4) is 0 Å². The van der Waals surface area contributed by atoms with Crippen LogP contribution in [-0.2, 0) is 0 Å². The van der Waals surface area contributed by atoms with Crippen LogP contribution in [0.5, 0.6) is 0 Å². The Labute approximate surface area is 115 Å². The van der Waals surface area contributed by atoms with Crippen molar-refractivity contribution < 1.29 is 9.90 Å². The van der Waals surface area contributed by atoms with Crippen LogP contribution >= 0.6 is 11.6 Å². The number of carbonyl (C=O) groups is 1. The van der Waals surface area contributed by atoms with Crippen molar-refractivity contribution >= 4 is 17.6 Å². The molecule has 19 heavy (non-hydrogen) atoms. The van der Waals surface area contributed by atoms with Crippen molar-refractivity contribution in [1.29, 1.82) is 0 Å². The Morgan fingerprint density at radius 3 is 2.63 bits per heavy atom. The van der Waals surface area contributed by atoms with Crippen LogP contribution in [0.2, 0.25) is 5.02 Å². The number of rotatable bonds is 3. The Balaban J connectivity index is 2.63. The number of carboxylic acids is 1. The quantitative estimate of drug-likeness (QED) is 0.937. The zero-order valence-corrected chi connectivity index (χ0v) is 11.6. The minimum Gasteiger partial charge on any atom is -0.475 e. The number of hydrogen-bond donors (Lipinski definition) is 1. The molecule has 1 heterocycles. The third-order valence-corrected chi connectivity index (χ3v) is 2.96. The molecule has 100 valence electrons. The summed E-state index contributed by atoms with van der Waals surface area (Å²) in [6.07, 6.45) is 0. The molecule has 0 unspecified atom stereocenters. The van der Waals surface area contributed by atoms with Gasteiger partial charge in [0.15, 0.2) is 0 Å². The van der Waals surface area contributed by atoms with Crippen molar-refractivity contribution in [1.82, 2.24) is 14.8 Å². The van der Waals surface area contributed by atoms with Gasteiger partial charge >= 0.3 is 5.97 Å². The smallest absolute Gasteiger partial charge is 0.375 e. The summed E-state index contributed by atoms with van der Waals surface area (Å²) >= 11 is 5.92. The SMILES string of the molecule is Cc1cc(Cl)ccc1-n1nc(C(=O)O)nc1C(C)C. The molecule has 0 atom stereocenters. The average molecular weight is 280 g/mol. The van der Waals surface area contributed by atoms with Crippen LogP contribution in [0.4, 0.5) is 0 Å². The molecule has 1 N–H and O–H groups in total. The Kier molecular flexibility index (Phi) is 3.57. The number of carboxylic acid groups (broad SMARTS) is 1. The normalized spacial score (nSPS) is 11.0. The van der Waals surface area contributed by atoms with E-state index in [1.807, 2.05) is 32.9 Å². The van der Waals surface area contributed by atoms with Crippen LogP contribution in [0.15, 0.2) is 18.2 Å². The molecule has 2 aromatic rings. The molecule has 0 fully saturated rings. The monoisotopic (exact) mass is 279 g/mol. The second-order valence-corrected chi connectivity index (χ2v) is 5.03. The third kappa shape index (κ3) is 2.61. The fourth-order valence-corrected chi connectivity index (χ4v) is 2.05. The average Bonchev–Trinajstić information content (AvgIpc) is 2.73. The lowest BCUT2D eigenvalue weighted by atomic mass is 10.1. The highest BCUT2D eigenvalue weighted by Gasteiger charge is 2.19. The first-order chi connectivity index (χ1) is 8.90. The van der Waals surface area contributed by atoms with Gasteiger partial charge in [-0.3, -0.25) is 0 Å². The van der Waals surface area contributed by atoms with Crippen LogP contribution in [0.25, 0.3) is 5.69 Å². The van der Waals surface area contributed by atoms with Crippen molar-refractivity contribution in [3.63, 3.8) is 0 Å². The Hall–Kier alpha value is -1.88. The highest BCUT2D eigenvalue weighted by atomic mass is 35.5. The Bertz CT molecular complexity index is 635. The molecule has 0 amide bonds. The molecule has 6 heteroatoms. The van der Waals surface area contributed by atoms with Gasteiger partial charge in [-0.2, -0.15) is 0 Å². The van der Waals surface area contributed by atoms with E-state index in [1.54, 1.807) is 10.7 Å². The lowest BCUT2D eigenvalue weighted by Crippen LogP contribution is -2.06.